The highest BCUT2D eigenvalue weighted by Gasteiger charge is 2.58. The van der Waals surface area contributed by atoms with Gasteiger partial charge in [-0.1, -0.05) is 48.5 Å². The summed E-state index contributed by atoms with van der Waals surface area (Å²) < 4.78 is 38.2. The fourth-order valence-electron chi connectivity index (χ4n) is 6.05. The number of benzene rings is 2. The van der Waals surface area contributed by atoms with E-state index in [0.717, 1.165) is 21.6 Å². The van der Waals surface area contributed by atoms with Gasteiger partial charge >= 0.3 is 18.2 Å². The minimum absolute atomic E-state index is 0.0108. The zero-order chi connectivity index (χ0) is 37.4. The molecule has 3 rings (SSSR count). The largest absolute Gasteiger partial charge is 0.459 e. The number of carbonyl (C=O) groups excluding carboxylic acids is 3. The Hall–Kier alpha value is -3.20. The van der Waals surface area contributed by atoms with E-state index in [2.05, 4.69) is 35.2 Å². The van der Waals surface area contributed by atoms with Crippen molar-refractivity contribution in [1.29, 1.82) is 0 Å². The molecular weight excluding hydrogens is 655 g/mol. The topological polar surface area (TPSA) is 112 Å². The average Bonchev–Trinajstić information content (AvgIpc) is 3.11. The second-order valence-electron chi connectivity index (χ2n) is 16.0. The van der Waals surface area contributed by atoms with Crippen LogP contribution in [-0.2, 0) is 34.6 Å². The van der Waals surface area contributed by atoms with E-state index in [0.29, 0.717) is 32.4 Å². The molecule has 0 aromatic heterocycles. The number of ether oxygens (including phenoxy) is 3. The first kappa shape index (κ1) is 41.2. The predicted molar refractivity (Wildman–Crippen MR) is 197 cm³/mol. The quantitative estimate of drug-likeness (QED) is 0.0973. The van der Waals surface area contributed by atoms with E-state index in [1.807, 2.05) is 24.3 Å². The van der Waals surface area contributed by atoms with Gasteiger partial charge in [0, 0.05) is 25.8 Å². The van der Waals surface area contributed by atoms with E-state index in [1.54, 1.807) is 69.2 Å². The Labute approximate surface area is 299 Å². The number of hydrogen-bond acceptors (Lipinski definition) is 9. The Balaban J connectivity index is 1.95. The molecule has 1 fully saturated rings. The van der Waals surface area contributed by atoms with Crippen LogP contribution in [0.25, 0.3) is 11.1 Å². The SMILES string of the molecule is CCOP1(=O)CCCN(Cc2cccc(-c3ccccc3)c2)CC1(CCCCN(C(=O)OC(C)(C)C)C(=O)OC(C)(C)C)C(=O)OC(C)(C)C. The first-order valence-electron chi connectivity index (χ1n) is 17.7. The number of carbonyl (C=O) groups is 3. The van der Waals surface area contributed by atoms with Crippen molar-refractivity contribution >= 4 is 25.5 Å². The Morgan fingerprint density at radius 2 is 1.38 bits per heavy atom. The van der Waals surface area contributed by atoms with Crippen LogP contribution in [0.3, 0.4) is 0 Å². The summed E-state index contributed by atoms with van der Waals surface area (Å²) in [5.74, 6) is -0.553. The van der Waals surface area contributed by atoms with Gasteiger partial charge in [0.2, 0.25) is 7.37 Å². The van der Waals surface area contributed by atoms with Gasteiger partial charge in [-0.3, -0.25) is 14.3 Å². The summed E-state index contributed by atoms with van der Waals surface area (Å²) >= 11 is 0. The van der Waals surface area contributed by atoms with Gasteiger partial charge in [-0.2, -0.15) is 0 Å². The molecule has 0 N–H and O–H groups in total. The molecule has 2 atom stereocenters. The summed E-state index contributed by atoms with van der Waals surface area (Å²) in [6.07, 6.45) is 0.0487. The highest BCUT2D eigenvalue weighted by molar-refractivity contribution is 7.61. The van der Waals surface area contributed by atoms with Gasteiger partial charge in [0.25, 0.3) is 0 Å². The van der Waals surface area contributed by atoms with Crippen molar-refractivity contribution in [3.05, 3.63) is 60.2 Å². The summed E-state index contributed by atoms with van der Waals surface area (Å²) in [5.41, 5.74) is 0.797. The van der Waals surface area contributed by atoms with Gasteiger partial charge in [-0.15, -0.1) is 0 Å². The molecule has 2 aromatic carbocycles. The fourth-order valence-corrected chi connectivity index (χ4v) is 9.07. The Morgan fingerprint density at radius 3 is 1.94 bits per heavy atom. The third kappa shape index (κ3) is 12.0. The van der Waals surface area contributed by atoms with Crippen molar-refractivity contribution in [2.24, 2.45) is 0 Å². The van der Waals surface area contributed by atoms with Crippen LogP contribution in [0.2, 0.25) is 0 Å². The van der Waals surface area contributed by atoms with Crippen LogP contribution in [0.5, 0.6) is 0 Å². The predicted octanol–water partition coefficient (Wildman–Crippen LogP) is 9.30. The smallest absolute Gasteiger partial charge is 0.419 e. The first-order chi connectivity index (χ1) is 23.2. The van der Waals surface area contributed by atoms with E-state index in [9.17, 15) is 14.4 Å². The number of esters is 1. The maximum atomic E-state index is 15.0. The van der Waals surface area contributed by atoms with Crippen LogP contribution in [0.4, 0.5) is 9.59 Å². The number of nitrogens with zero attached hydrogens (tertiary/aromatic N) is 2. The van der Waals surface area contributed by atoms with Crippen molar-refractivity contribution in [3.8, 4) is 11.1 Å². The molecule has 1 aliphatic rings. The van der Waals surface area contributed by atoms with Crippen LogP contribution in [0.1, 0.15) is 100 Å². The molecule has 0 aliphatic carbocycles. The fraction of sp³-hybridized carbons (Fsp3) is 0.615. The maximum absolute atomic E-state index is 15.0. The molecule has 2 amide bonds. The highest BCUT2D eigenvalue weighted by Crippen LogP contribution is 2.63. The third-order valence-electron chi connectivity index (χ3n) is 8.07. The molecule has 0 radical (unpaired) electrons. The van der Waals surface area contributed by atoms with Gasteiger partial charge in [0.15, 0.2) is 5.16 Å². The van der Waals surface area contributed by atoms with Crippen molar-refractivity contribution < 1.29 is 37.7 Å². The van der Waals surface area contributed by atoms with Crippen LogP contribution < -0.4 is 0 Å². The van der Waals surface area contributed by atoms with Crippen molar-refractivity contribution in [2.45, 2.75) is 123 Å². The van der Waals surface area contributed by atoms with Gasteiger partial charge in [0.05, 0.1) is 6.61 Å². The summed E-state index contributed by atoms with van der Waals surface area (Å²) in [4.78, 5) is 43.8. The zero-order valence-electron chi connectivity index (χ0n) is 31.9. The molecule has 1 heterocycles. The molecule has 11 heteroatoms. The number of imide groups is 1. The van der Waals surface area contributed by atoms with Crippen molar-refractivity contribution in [3.63, 3.8) is 0 Å². The Kier molecular flexibility index (Phi) is 13.9. The van der Waals surface area contributed by atoms with E-state index in [1.165, 1.54) is 0 Å². The molecule has 0 saturated carbocycles. The van der Waals surface area contributed by atoms with Crippen molar-refractivity contribution in [1.82, 2.24) is 9.80 Å². The normalized spacial score (nSPS) is 20.4. The summed E-state index contributed by atoms with van der Waals surface area (Å²) in [6.45, 7) is 19.1. The number of amides is 2. The van der Waals surface area contributed by atoms with Crippen LogP contribution in [-0.4, -0.2) is 82.3 Å². The third-order valence-corrected chi connectivity index (χ3v) is 11.5. The first-order valence-corrected chi connectivity index (χ1v) is 19.6. The molecule has 50 heavy (non-hydrogen) atoms. The minimum atomic E-state index is -3.61. The summed E-state index contributed by atoms with van der Waals surface area (Å²) in [6, 6.07) is 18.5. The lowest BCUT2D eigenvalue weighted by Crippen LogP contribution is -2.51. The van der Waals surface area contributed by atoms with E-state index >= 15 is 4.57 Å². The molecule has 1 saturated heterocycles. The average molecular weight is 715 g/mol. The monoisotopic (exact) mass is 714 g/mol. The molecule has 0 spiro atoms. The molecule has 1 aliphatic heterocycles. The summed E-state index contributed by atoms with van der Waals surface area (Å²) in [5, 5.41) is -1.47. The molecule has 2 unspecified atom stereocenters. The summed E-state index contributed by atoms with van der Waals surface area (Å²) in [7, 11) is -3.61. The van der Waals surface area contributed by atoms with Crippen LogP contribution in [0, 0.1) is 0 Å². The number of rotatable bonds is 11. The van der Waals surface area contributed by atoms with Gasteiger partial charge in [-0.25, -0.2) is 14.5 Å². The zero-order valence-corrected chi connectivity index (χ0v) is 32.8. The van der Waals surface area contributed by atoms with Crippen LogP contribution in [0.15, 0.2) is 54.6 Å². The Morgan fingerprint density at radius 1 is 0.800 bits per heavy atom. The lowest BCUT2D eigenvalue weighted by Gasteiger charge is -2.40. The molecule has 10 nitrogen and oxygen atoms in total. The van der Waals surface area contributed by atoms with Gasteiger partial charge in [-0.05, 0) is 124 Å². The lowest BCUT2D eigenvalue weighted by molar-refractivity contribution is -0.159. The van der Waals surface area contributed by atoms with E-state index in [4.69, 9.17) is 18.7 Å². The van der Waals surface area contributed by atoms with Crippen molar-refractivity contribution in [2.75, 3.05) is 32.4 Å². The standard InChI is InChI=1S/C39H59N2O8P/c1-11-46-50(45)26-18-24-40(28-30-19-17-22-32(27-30)31-20-13-12-14-21-31)29-39(50,33(42)47-36(2,3)4)23-15-16-25-41(34(43)48-37(5,6)7)35(44)49-38(8,9)10/h12-14,17,19-22,27H,11,15-16,18,23-26,28-29H2,1-10H3. The Bertz CT molecular complexity index is 1460. The van der Waals surface area contributed by atoms with E-state index < -0.39 is 47.5 Å². The number of hydrogen-bond donors (Lipinski definition) is 0. The number of unbranched alkanes of at least 4 members (excludes halogenated alkanes) is 1. The highest BCUT2D eigenvalue weighted by atomic mass is 31.2. The lowest BCUT2D eigenvalue weighted by atomic mass is 9.98. The van der Waals surface area contributed by atoms with Crippen LogP contribution >= 0.6 is 7.37 Å². The van der Waals surface area contributed by atoms with Gasteiger partial charge in [0.1, 0.15) is 16.8 Å². The second kappa shape index (κ2) is 16.9. The maximum Gasteiger partial charge on any atom is 0.419 e. The molecule has 0 bridgehead atoms. The molecule has 2 aromatic rings. The molecular formula is C39H59N2O8P. The second-order valence-corrected chi connectivity index (χ2v) is 19.0. The van der Waals surface area contributed by atoms with E-state index in [-0.39, 0.29) is 32.3 Å². The van der Waals surface area contributed by atoms with Gasteiger partial charge < -0.3 is 18.7 Å². The molecule has 278 valence electrons. The minimum Gasteiger partial charge on any atom is -0.459 e.